The molecular weight excluding hydrogens is 260 g/mol. The molecule has 0 amide bonds. The Balaban J connectivity index is 1.55. The topological polar surface area (TPSA) is 15.3 Å². The lowest BCUT2D eigenvalue weighted by Gasteiger charge is -2.42. The second kappa shape index (κ2) is 6.38. The highest BCUT2D eigenvalue weighted by atomic mass is 32.2. The van der Waals surface area contributed by atoms with E-state index < -0.39 is 0 Å². The van der Waals surface area contributed by atoms with Gasteiger partial charge in [-0.15, -0.1) is 0 Å². The molecule has 3 atom stereocenters. The van der Waals surface area contributed by atoms with Crippen LogP contribution in [0.15, 0.2) is 0 Å². The van der Waals surface area contributed by atoms with Gasteiger partial charge in [-0.2, -0.15) is 23.5 Å². The zero-order chi connectivity index (χ0) is 12.4. The molecule has 3 rings (SSSR count). The minimum atomic E-state index is 0.785. The molecule has 2 aliphatic heterocycles. The van der Waals surface area contributed by atoms with Crippen molar-refractivity contribution in [2.45, 2.75) is 43.5 Å². The summed E-state index contributed by atoms with van der Waals surface area (Å²) in [6, 6.07) is 1.58. The molecule has 2 heterocycles. The van der Waals surface area contributed by atoms with Crippen molar-refractivity contribution in [3.63, 3.8) is 0 Å². The predicted molar refractivity (Wildman–Crippen MR) is 83.7 cm³/mol. The summed E-state index contributed by atoms with van der Waals surface area (Å²) in [5.74, 6) is 5.10. The van der Waals surface area contributed by atoms with Crippen molar-refractivity contribution in [3.8, 4) is 0 Å². The molecule has 0 spiro atoms. The van der Waals surface area contributed by atoms with Crippen molar-refractivity contribution >= 4 is 23.5 Å². The number of nitrogens with one attached hydrogen (secondary N) is 1. The predicted octanol–water partition coefficient (Wildman–Crippen LogP) is 2.30. The molecule has 3 fully saturated rings. The second-order valence-corrected chi connectivity index (χ2v) is 8.49. The molecule has 104 valence electrons. The molecule has 0 aromatic rings. The van der Waals surface area contributed by atoms with E-state index in [0.29, 0.717) is 0 Å². The van der Waals surface area contributed by atoms with Crippen LogP contribution in [0.4, 0.5) is 0 Å². The molecule has 0 aromatic heterocycles. The minimum absolute atomic E-state index is 0.785. The number of rotatable bonds is 4. The SMILES string of the molecule is CCC1CNC(C2CC2)CN1CC1CSCCS1. The zero-order valence-corrected chi connectivity index (χ0v) is 13.1. The average Bonchev–Trinajstić information content (AvgIpc) is 3.24. The normalized spacial score (nSPS) is 38.8. The third-order valence-corrected chi connectivity index (χ3v) is 7.38. The average molecular weight is 287 g/mol. The van der Waals surface area contributed by atoms with Crippen molar-refractivity contribution < 1.29 is 0 Å². The maximum atomic E-state index is 3.80. The molecule has 2 nitrogen and oxygen atoms in total. The van der Waals surface area contributed by atoms with Crippen LogP contribution < -0.4 is 5.32 Å². The first-order valence-corrected chi connectivity index (χ1v) is 9.74. The van der Waals surface area contributed by atoms with Crippen LogP contribution in [-0.2, 0) is 0 Å². The van der Waals surface area contributed by atoms with E-state index in [2.05, 4.69) is 40.7 Å². The molecule has 1 N–H and O–H groups in total. The van der Waals surface area contributed by atoms with E-state index >= 15 is 0 Å². The van der Waals surface area contributed by atoms with Gasteiger partial charge in [-0.1, -0.05) is 6.92 Å². The van der Waals surface area contributed by atoms with E-state index in [1.807, 2.05) is 0 Å². The zero-order valence-electron chi connectivity index (χ0n) is 11.4. The lowest BCUT2D eigenvalue weighted by atomic mass is 10.0. The van der Waals surface area contributed by atoms with Crippen LogP contribution in [0.5, 0.6) is 0 Å². The van der Waals surface area contributed by atoms with E-state index in [1.165, 1.54) is 56.2 Å². The van der Waals surface area contributed by atoms with Crippen LogP contribution in [0, 0.1) is 5.92 Å². The van der Waals surface area contributed by atoms with Crippen LogP contribution >= 0.6 is 23.5 Å². The fourth-order valence-corrected chi connectivity index (χ4v) is 5.92. The van der Waals surface area contributed by atoms with Crippen molar-refractivity contribution in [2.75, 3.05) is 36.9 Å². The van der Waals surface area contributed by atoms with Gasteiger partial charge < -0.3 is 5.32 Å². The molecule has 0 radical (unpaired) electrons. The summed E-state index contributed by atoms with van der Waals surface area (Å²) in [7, 11) is 0. The maximum Gasteiger partial charge on any atom is 0.0265 e. The van der Waals surface area contributed by atoms with E-state index in [-0.39, 0.29) is 0 Å². The largest absolute Gasteiger partial charge is 0.311 e. The van der Waals surface area contributed by atoms with Gasteiger partial charge in [0.2, 0.25) is 0 Å². The number of piperazine rings is 1. The van der Waals surface area contributed by atoms with E-state index in [1.54, 1.807) is 0 Å². The summed E-state index contributed by atoms with van der Waals surface area (Å²) in [5.41, 5.74) is 0. The molecule has 1 saturated carbocycles. The van der Waals surface area contributed by atoms with E-state index in [4.69, 9.17) is 0 Å². The lowest BCUT2D eigenvalue weighted by molar-refractivity contribution is 0.121. The van der Waals surface area contributed by atoms with Crippen molar-refractivity contribution in [2.24, 2.45) is 5.92 Å². The highest BCUT2D eigenvalue weighted by Gasteiger charge is 2.37. The molecule has 3 unspecified atom stereocenters. The quantitative estimate of drug-likeness (QED) is 0.852. The Labute approximate surface area is 120 Å². The molecule has 4 heteroatoms. The Morgan fingerprint density at radius 1 is 1.28 bits per heavy atom. The highest BCUT2D eigenvalue weighted by Crippen LogP contribution is 2.35. The lowest BCUT2D eigenvalue weighted by Crippen LogP contribution is -2.58. The fraction of sp³-hybridized carbons (Fsp3) is 1.00. The molecule has 18 heavy (non-hydrogen) atoms. The third kappa shape index (κ3) is 3.38. The summed E-state index contributed by atoms with van der Waals surface area (Å²) < 4.78 is 0. The molecular formula is C14H26N2S2. The summed E-state index contributed by atoms with van der Waals surface area (Å²) in [6.07, 6.45) is 4.24. The van der Waals surface area contributed by atoms with Gasteiger partial charge in [0.25, 0.3) is 0 Å². The van der Waals surface area contributed by atoms with Crippen LogP contribution in [0.3, 0.4) is 0 Å². The molecule has 3 aliphatic rings. The van der Waals surface area contributed by atoms with Crippen molar-refractivity contribution in [3.05, 3.63) is 0 Å². The van der Waals surface area contributed by atoms with Gasteiger partial charge in [-0.25, -0.2) is 0 Å². The first kappa shape index (κ1) is 13.6. The third-order valence-electron chi connectivity index (χ3n) is 4.55. The first-order chi connectivity index (χ1) is 8.86. The summed E-state index contributed by atoms with van der Waals surface area (Å²) in [5, 5.41) is 4.68. The summed E-state index contributed by atoms with van der Waals surface area (Å²) in [6.45, 7) is 6.22. The minimum Gasteiger partial charge on any atom is -0.311 e. The maximum absolute atomic E-state index is 3.80. The van der Waals surface area contributed by atoms with E-state index in [0.717, 1.165) is 23.3 Å². The number of hydrogen-bond acceptors (Lipinski definition) is 4. The Hall–Kier alpha value is 0.620. The number of hydrogen-bond donors (Lipinski definition) is 1. The van der Waals surface area contributed by atoms with Gasteiger partial charge in [0.05, 0.1) is 0 Å². The summed E-state index contributed by atoms with van der Waals surface area (Å²) >= 11 is 4.37. The van der Waals surface area contributed by atoms with Crippen LogP contribution in [0.2, 0.25) is 0 Å². The second-order valence-electron chi connectivity index (χ2n) is 5.94. The molecule has 0 aromatic carbocycles. The van der Waals surface area contributed by atoms with E-state index in [9.17, 15) is 0 Å². The Morgan fingerprint density at radius 3 is 2.83 bits per heavy atom. The van der Waals surface area contributed by atoms with Gasteiger partial charge in [-0.05, 0) is 25.2 Å². The molecule has 2 saturated heterocycles. The van der Waals surface area contributed by atoms with Gasteiger partial charge in [-0.3, -0.25) is 4.90 Å². The summed E-state index contributed by atoms with van der Waals surface area (Å²) in [4.78, 5) is 2.81. The molecule has 1 aliphatic carbocycles. The van der Waals surface area contributed by atoms with Crippen molar-refractivity contribution in [1.29, 1.82) is 0 Å². The van der Waals surface area contributed by atoms with Gasteiger partial charge >= 0.3 is 0 Å². The standard InChI is InChI=1S/C14H26N2S2/c1-2-12-7-15-14(11-3-4-11)9-16(12)8-13-10-17-5-6-18-13/h11-15H,2-10H2,1H3. The van der Waals surface area contributed by atoms with Crippen LogP contribution in [0.1, 0.15) is 26.2 Å². The van der Waals surface area contributed by atoms with Crippen molar-refractivity contribution in [1.82, 2.24) is 10.2 Å². The number of thioether (sulfide) groups is 2. The first-order valence-electron chi connectivity index (χ1n) is 7.53. The smallest absolute Gasteiger partial charge is 0.0265 e. The Bertz CT molecular complexity index is 265. The highest BCUT2D eigenvalue weighted by molar-refractivity contribution is 8.06. The van der Waals surface area contributed by atoms with Gasteiger partial charge in [0, 0.05) is 54.2 Å². The number of nitrogens with zero attached hydrogens (tertiary/aromatic N) is 1. The van der Waals surface area contributed by atoms with Crippen LogP contribution in [0.25, 0.3) is 0 Å². The fourth-order valence-electron chi connectivity index (χ4n) is 3.23. The van der Waals surface area contributed by atoms with Gasteiger partial charge in [0.1, 0.15) is 0 Å². The monoisotopic (exact) mass is 286 g/mol. The Morgan fingerprint density at radius 2 is 2.17 bits per heavy atom. The molecule has 0 bridgehead atoms. The Kier molecular flexibility index (Phi) is 4.82. The van der Waals surface area contributed by atoms with Crippen LogP contribution in [-0.4, -0.2) is 59.1 Å². The van der Waals surface area contributed by atoms with Gasteiger partial charge in [0.15, 0.2) is 0 Å².